The molecule has 0 fully saturated rings. The topological polar surface area (TPSA) is 78.9 Å². The molecule has 0 spiro atoms. The summed E-state index contributed by atoms with van der Waals surface area (Å²) < 4.78 is 17.0. The van der Waals surface area contributed by atoms with Gasteiger partial charge in [0.15, 0.2) is 6.10 Å². The predicted molar refractivity (Wildman–Crippen MR) is 343 cm³/mol. The molecule has 0 heterocycles. The van der Waals surface area contributed by atoms with Gasteiger partial charge < -0.3 is 14.2 Å². The maximum absolute atomic E-state index is 12.9. The van der Waals surface area contributed by atoms with E-state index in [9.17, 15) is 14.4 Å². The van der Waals surface area contributed by atoms with Crippen molar-refractivity contribution in [3.05, 3.63) is 109 Å². The Balaban J connectivity index is 4.40. The number of esters is 3. The Morgan fingerprint density at radius 3 is 0.810 bits per heavy atom. The monoisotopic (exact) mass is 1100 g/mol. The fraction of sp³-hybridized carbons (Fsp3) is 0.712. The molecule has 0 N–H and O–H groups in total. The molecule has 0 saturated carbocycles. The lowest BCUT2D eigenvalue weighted by molar-refractivity contribution is -0.167. The molecule has 0 radical (unpaired) electrons. The molecule has 0 aliphatic carbocycles. The first-order chi connectivity index (χ1) is 39.0. The Kier molecular flexibility index (Phi) is 63.3. The molecule has 0 aromatic heterocycles. The number of hydrogen-bond donors (Lipinski definition) is 0. The summed E-state index contributed by atoms with van der Waals surface area (Å²) in [6, 6.07) is 0. The van der Waals surface area contributed by atoms with Crippen LogP contribution in [0.3, 0.4) is 0 Å². The first kappa shape index (κ1) is 75.1. The average Bonchev–Trinajstić information content (AvgIpc) is 3.45. The third-order valence-electron chi connectivity index (χ3n) is 14.2. The maximum Gasteiger partial charge on any atom is 0.306 e. The Morgan fingerprint density at radius 1 is 0.266 bits per heavy atom. The van der Waals surface area contributed by atoms with Crippen LogP contribution in [0.15, 0.2) is 109 Å². The Morgan fingerprint density at radius 2 is 0.494 bits per heavy atom. The van der Waals surface area contributed by atoms with Gasteiger partial charge in [-0.15, -0.1) is 0 Å². The lowest BCUT2D eigenvalue weighted by Crippen LogP contribution is -2.30. The molecular weight excluding hydrogens is 973 g/mol. The highest BCUT2D eigenvalue weighted by molar-refractivity contribution is 5.71. The summed E-state index contributed by atoms with van der Waals surface area (Å²) in [4.78, 5) is 38.4. The molecule has 0 rings (SSSR count). The number of hydrogen-bond acceptors (Lipinski definition) is 6. The van der Waals surface area contributed by atoms with E-state index in [4.69, 9.17) is 14.2 Å². The molecule has 0 aromatic rings. The van der Waals surface area contributed by atoms with Gasteiger partial charge in [-0.25, -0.2) is 0 Å². The molecule has 6 heteroatoms. The van der Waals surface area contributed by atoms with E-state index in [2.05, 4.69) is 130 Å². The normalized spacial score (nSPS) is 12.8. The van der Waals surface area contributed by atoms with Crippen molar-refractivity contribution in [3.8, 4) is 0 Å². The quantitative estimate of drug-likeness (QED) is 0.0261. The second-order valence-electron chi connectivity index (χ2n) is 22.0. The van der Waals surface area contributed by atoms with Crippen molar-refractivity contribution in [1.29, 1.82) is 0 Å². The lowest BCUT2D eigenvalue weighted by Gasteiger charge is -2.18. The van der Waals surface area contributed by atoms with Gasteiger partial charge in [-0.05, 0) is 128 Å². The number of allylic oxidation sites excluding steroid dienone is 18. The van der Waals surface area contributed by atoms with E-state index in [1.165, 1.54) is 154 Å². The SMILES string of the molecule is CC/C=C\C/C=C\C/C=C\C/C=C\C/C=C\CCCCCCCCCCCC(=O)OCC(COC(=O)CCCCCCCCC/C=C\CCCCCCCC)OC(=O)CCCCCCCC/C=C\C/C=C\C/C=C\CCCCC. The van der Waals surface area contributed by atoms with Gasteiger partial charge in [-0.1, -0.05) is 278 Å². The van der Waals surface area contributed by atoms with E-state index in [0.717, 1.165) is 122 Å². The highest BCUT2D eigenvalue weighted by Gasteiger charge is 2.19. The van der Waals surface area contributed by atoms with Gasteiger partial charge in [0.25, 0.3) is 0 Å². The largest absolute Gasteiger partial charge is 0.462 e. The van der Waals surface area contributed by atoms with E-state index in [0.29, 0.717) is 19.3 Å². The molecule has 79 heavy (non-hydrogen) atoms. The van der Waals surface area contributed by atoms with Crippen LogP contribution in [0.2, 0.25) is 0 Å². The molecule has 1 atom stereocenters. The van der Waals surface area contributed by atoms with Crippen molar-refractivity contribution in [2.75, 3.05) is 13.2 Å². The first-order valence-corrected chi connectivity index (χ1v) is 33.4. The van der Waals surface area contributed by atoms with Gasteiger partial charge in [0.2, 0.25) is 0 Å². The summed E-state index contributed by atoms with van der Waals surface area (Å²) in [7, 11) is 0. The average molecular weight is 1100 g/mol. The standard InChI is InChI=1S/C73H124O6/c1-4-7-10-13-16-19-22-25-28-31-33-34-35-36-37-38-40-42-45-48-51-54-57-60-63-66-72(75)78-69-70(68-77-71(74)65-62-59-56-53-50-47-44-41-30-27-24-21-18-15-12-9-6-3)79-73(76)67-64-61-58-55-52-49-46-43-39-32-29-26-23-20-17-14-11-8-5-2/h7,10,16-17,19-20,25-30,33-34,36-37,39,43,70H,4-6,8-9,11-15,18,21-24,31-32,35,38,40-42,44-69H2,1-3H3/b10-7-,19-16-,20-17-,28-25-,29-26-,30-27-,34-33-,37-36-,43-39-. The summed E-state index contributed by atoms with van der Waals surface area (Å²) in [6.45, 7) is 6.50. The van der Waals surface area contributed by atoms with Crippen LogP contribution in [0.25, 0.3) is 0 Å². The van der Waals surface area contributed by atoms with Crippen molar-refractivity contribution in [3.63, 3.8) is 0 Å². The zero-order chi connectivity index (χ0) is 57.1. The number of unbranched alkanes of at least 4 members (excludes halogenated alkanes) is 31. The molecule has 0 saturated heterocycles. The molecule has 6 nitrogen and oxygen atoms in total. The van der Waals surface area contributed by atoms with Gasteiger partial charge in [-0.3, -0.25) is 14.4 Å². The Bertz CT molecular complexity index is 1590. The molecule has 0 aromatic carbocycles. The van der Waals surface area contributed by atoms with Crippen molar-refractivity contribution in [1.82, 2.24) is 0 Å². The fourth-order valence-electron chi connectivity index (χ4n) is 9.24. The van der Waals surface area contributed by atoms with Crippen LogP contribution in [0.5, 0.6) is 0 Å². The van der Waals surface area contributed by atoms with Gasteiger partial charge in [-0.2, -0.15) is 0 Å². The van der Waals surface area contributed by atoms with Gasteiger partial charge in [0, 0.05) is 19.3 Å². The lowest BCUT2D eigenvalue weighted by atomic mass is 10.1. The smallest absolute Gasteiger partial charge is 0.306 e. The highest BCUT2D eigenvalue weighted by Crippen LogP contribution is 2.16. The van der Waals surface area contributed by atoms with Crippen molar-refractivity contribution >= 4 is 17.9 Å². The minimum atomic E-state index is -0.793. The van der Waals surface area contributed by atoms with Crippen molar-refractivity contribution in [2.45, 2.75) is 322 Å². The van der Waals surface area contributed by atoms with E-state index < -0.39 is 6.10 Å². The third kappa shape index (κ3) is 64.8. The fourth-order valence-corrected chi connectivity index (χ4v) is 9.24. The van der Waals surface area contributed by atoms with E-state index in [1.807, 2.05) is 0 Å². The minimum absolute atomic E-state index is 0.0874. The molecule has 0 aliphatic rings. The molecule has 0 aliphatic heterocycles. The van der Waals surface area contributed by atoms with Gasteiger partial charge in [0.05, 0.1) is 0 Å². The number of rotatable bonds is 60. The zero-order valence-corrected chi connectivity index (χ0v) is 51.9. The predicted octanol–water partition coefficient (Wildman–Crippen LogP) is 23.0. The van der Waals surface area contributed by atoms with Crippen molar-refractivity contribution < 1.29 is 28.6 Å². The highest BCUT2D eigenvalue weighted by atomic mass is 16.6. The minimum Gasteiger partial charge on any atom is -0.462 e. The van der Waals surface area contributed by atoms with Crippen LogP contribution in [0, 0.1) is 0 Å². The summed E-state index contributed by atoms with van der Waals surface area (Å²) in [5, 5.41) is 0. The maximum atomic E-state index is 12.9. The summed E-state index contributed by atoms with van der Waals surface area (Å²) in [5.41, 5.74) is 0. The second kappa shape index (κ2) is 66.6. The second-order valence-corrected chi connectivity index (χ2v) is 22.0. The van der Waals surface area contributed by atoms with Crippen LogP contribution in [-0.2, 0) is 28.6 Å². The number of ether oxygens (including phenoxy) is 3. The molecular formula is C73H124O6. The number of carbonyl (C=O) groups is 3. The molecule has 0 amide bonds. The van der Waals surface area contributed by atoms with Crippen LogP contribution >= 0.6 is 0 Å². The van der Waals surface area contributed by atoms with Crippen LogP contribution in [-0.4, -0.2) is 37.2 Å². The van der Waals surface area contributed by atoms with E-state index in [1.54, 1.807) is 0 Å². The Labute approximate surface area is 489 Å². The summed E-state index contributed by atoms with van der Waals surface area (Å²) >= 11 is 0. The van der Waals surface area contributed by atoms with Gasteiger partial charge >= 0.3 is 17.9 Å². The summed E-state index contributed by atoms with van der Waals surface area (Å²) in [6.07, 6.45) is 90.9. The van der Waals surface area contributed by atoms with E-state index in [-0.39, 0.29) is 31.1 Å². The molecule has 452 valence electrons. The summed E-state index contributed by atoms with van der Waals surface area (Å²) in [5.74, 6) is -0.900. The van der Waals surface area contributed by atoms with Crippen LogP contribution in [0.1, 0.15) is 316 Å². The molecule has 1 unspecified atom stereocenters. The zero-order valence-electron chi connectivity index (χ0n) is 51.9. The first-order valence-electron chi connectivity index (χ1n) is 33.4. The van der Waals surface area contributed by atoms with Gasteiger partial charge in [0.1, 0.15) is 13.2 Å². The Hall–Kier alpha value is -3.93. The molecule has 0 bridgehead atoms. The van der Waals surface area contributed by atoms with Crippen molar-refractivity contribution in [2.24, 2.45) is 0 Å². The van der Waals surface area contributed by atoms with Crippen LogP contribution < -0.4 is 0 Å². The number of carbonyl (C=O) groups excluding carboxylic acids is 3. The van der Waals surface area contributed by atoms with E-state index >= 15 is 0 Å². The third-order valence-corrected chi connectivity index (χ3v) is 14.2. The van der Waals surface area contributed by atoms with Crippen LogP contribution in [0.4, 0.5) is 0 Å².